The zero-order valence-electron chi connectivity index (χ0n) is 12.3. The maximum atomic E-state index is 13.7. The van der Waals surface area contributed by atoms with Crippen LogP contribution in [0, 0.1) is 18.7 Å². The molecule has 1 aromatic carbocycles. The number of anilines is 1. The SMILES string of the molecule is Cc1cnc(N2CC[C@H](COc3ccc(Br)cc3F)C2)nc1. The van der Waals surface area contributed by atoms with Crippen molar-refractivity contribution in [2.24, 2.45) is 5.92 Å². The molecule has 1 aliphatic heterocycles. The summed E-state index contributed by atoms with van der Waals surface area (Å²) in [4.78, 5) is 10.8. The van der Waals surface area contributed by atoms with E-state index in [2.05, 4.69) is 30.8 Å². The van der Waals surface area contributed by atoms with Crippen molar-refractivity contribution in [3.63, 3.8) is 0 Å². The molecular formula is C16H17BrFN3O. The minimum atomic E-state index is -0.342. The van der Waals surface area contributed by atoms with Crippen molar-refractivity contribution < 1.29 is 9.13 Å². The van der Waals surface area contributed by atoms with Gasteiger partial charge in [-0.25, -0.2) is 14.4 Å². The van der Waals surface area contributed by atoms with Crippen LogP contribution in [0.25, 0.3) is 0 Å². The molecule has 0 unspecified atom stereocenters. The zero-order valence-corrected chi connectivity index (χ0v) is 13.9. The number of benzene rings is 1. The molecule has 0 aliphatic carbocycles. The van der Waals surface area contributed by atoms with Crippen LogP contribution in [0.2, 0.25) is 0 Å². The molecule has 1 saturated heterocycles. The van der Waals surface area contributed by atoms with E-state index in [0.29, 0.717) is 22.7 Å². The summed E-state index contributed by atoms with van der Waals surface area (Å²) in [5.41, 5.74) is 1.05. The van der Waals surface area contributed by atoms with Gasteiger partial charge in [0.1, 0.15) is 0 Å². The smallest absolute Gasteiger partial charge is 0.225 e. The lowest BCUT2D eigenvalue weighted by Crippen LogP contribution is -2.23. The first-order chi connectivity index (χ1) is 10.6. The summed E-state index contributed by atoms with van der Waals surface area (Å²) in [6, 6.07) is 4.84. The number of ether oxygens (including phenoxy) is 1. The fraction of sp³-hybridized carbons (Fsp3) is 0.375. The average Bonchev–Trinajstić information content (AvgIpc) is 2.96. The van der Waals surface area contributed by atoms with Gasteiger partial charge < -0.3 is 9.64 Å². The normalized spacial score (nSPS) is 17.8. The van der Waals surface area contributed by atoms with Gasteiger partial charge in [-0.15, -0.1) is 0 Å². The zero-order chi connectivity index (χ0) is 15.5. The predicted octanol–water partition coefficient (Wildman–Crippen LogP) is 3.59. The minimum absolute atomic E-state index is 0.299. The second kappa shape index (κ2) is 6.60. The second-order valence-corrected chi connectivity index (χ2v) is 6.46. The van der Waals surface area contributed by atoms with Crippen molar-refractivity contribution in [2.45, 2.75) is 13.3 Å². The van der Waals surface area contributed by atoms with E-state index in [0.717, 1.165) is 31.0 Å². The van der Waals surface area contributed by atoms with Crippen LogP contribution < -0.4 is 9.64 Å². The molecule has 116 valence electrons. The third-order valence-electron chi connectivity index (χ3n) is 3.70. The maximum absolute atomic E-state index is 13.7. The summed E-state index contributed by atoms with van der Waals surface area (Å²) in [6.07, 6.45) is 4.64. The van der Waals surface area contributed by atoms with Crippen molar-refractivity contribution in [1.29, 1.82) is 0 Å². The molecule has 0 N–H and O–H groups in total. The third kappa shape index (κ3) is 3.55. The van der Waals surface area contributed by atoms with Crippen LogP contribution in [-0.2, 0) is 0 Å². The lowest BCUT2D eigenvalue weighted by Gasteiger charge is -2.16. The quantitative estimate of drug-likeness (QED) is 0.829. The molecule has 0 bridgehead atoms. The summed E-state index contributed by atoms with van der Waals surface area (Å²) >= 11 is 3.24. The average molecular weight is 366 g/mol. The van der Waals surface area contributed by atoms with Crippen molar-refractivity contribution >= 4 is 21.9 Å². The molecule has 2 aromatic rings. The Morgan fingerprint density at radius 2 is 2.14 bits per heavy atom. The van der Waals surface area contributed by atoms with Crippen molar-refractivity contribution in [3.8, 4) is 5.75 Å². The molecule has 6 heteroatoms. The standard InChI is InChI=1S/C16H17BrFN3O/c1-11-7-19-16(20-8-11)21-5-4-12(9-21)10-22-15-3-2-13(17)6-14(15)18/h2-3,6-8,12H,4-5,9-10H2,1H3/t12-/m0/s1. The molecule has 2 heterocycles. The first-order valence-electron chi connectivity index (χ1n) is 7.23. The highest BCUT2D eigenvalue weighted by Crippen LogP contribution is 2.25. The summed E-state index contributed by atoms with van der Waals surface area (Å²) < 4.78 is 20.0. The number of hydrogen-bond acceptors (Lipinski definition) is 4. The molecule has 0 amide bonds. The molecule has 0 radical (unpaired) electrons. The molecule has 1 fully saturated rings. The lowest BCUT2D eigenvalue weighted by atomic mass is 10.1. The van der Waals surface area contributed by atoms with Gasteiger partial charge in [-0.1, -0.05) is 15.9 Å². The van der Waals surface area contributed by atoms with E-state index >= 15 is 0 Å². The largest absolute Gasteiger partial charge is 0.490 e. The van der Waals surface area contributed by atoms with Crippen LogP contribution in [0.4, 0.5) is 10.3 Å². The topological polar surface area (TPSA) is 38.2 Å². The fourth-order valence-electron chi connectivity index (χ4n) is 2.50. The van der Waals surface area contributed by atoms with Gasteiger partial charge >= 0.3 is 0 Å². The lowest BCUT2D eigenvalue weighted by molar-refractivity contribution is 0.250. The molecule has 1 aromatic heterocycles. The van der Waals surface area contributed by atoms with Gasteiger partial charge in [0.05, 0.1) is 6.61 Å². The molecule has 1 atom stereocenters. The van der Waals surface area contributed by atoms with E-state index in [1.807, 2.05) is 19.3 Å². The van der Waals surface area contributed by atoms with Gasteiger partial charge in [0.25, 0.3) is 0 Å². The summed E-state index contributed by atoms with van der Waals surface area (Å²) in [5, 5.41) is 0. The Hall–Kier alpha value is -1.69. The second-order valence-electron chi connectivity index (χ2n) is 5.55. The molecule has 0 spiro atoms. The van der Waals surface area contributed by atoms with Gasteiger partial charge in [-0.2, -0.15) is 0 Å². The Labute approximate surface area is 137 Å². The number of nitrogens with zero attached hydrogens (tertiary/aromatic N) is 3. The molecule has 1 aliphatic rings. The first-order valence-corrected chi connectivity index (χ1v) is 8.02. The van der Waals surface area contributed by atoms with Crippen molar-refractivity contribution in [1.82, 2.24) is 9.97 Å². The maximum Gasteiger partial charge on any atom is 0.225 e. The summed E-state index contributed by atoms with van der Waals surface area (Å²) in [7, 11) is 0. The van der Waals surface area contributed by atoms with E-state index in [4.69, 9.17) is 4.74 Å². The third-order valence-corrected chi connectivity index (χ3v) is 4.20. The molecule has 22 heavy (non-hydrogen) atoms. The predicted molar refractivity (Wildman–Crippen MR) is 86.7 cm³/mol. The Morgan fingerprint density at radius 1 is 1.36 bits per heavy atom. The number of aromatic nitrogens is 2. The number of halogens is 2. The van der Waals surface area contributed by atoms with Crippen LogP contribution in [0.1, 0.15) is 12.0 Å². The number of rotatable bonds is 4. The van der Waals surface area contributed by atoms with Gasteiger partial charge in [0.15, 0.2) is 11.6 Å². The fourth-order valence-corrected chi connectivity index (χ4v) is 2.83. The minimum Gasteiger partial charge on any atom is -0.490 e. The summed E-state index contributed by atoms with van der Waals surface area (Å²) in [6.45, 7) is 4.21. The van der Waals surface area contributed by atoms with Crippen molar-refractivity contribution in [2.75, 3.05) is 24.6 Å². The Morgan fingerprint density at radius 3 is 2.86 bits per heavy atom. The monoisotopic (exact) mass is 365 g/mol. The van der Waals surface area contributed by atoms with E-state index in [1.54, 1.807) is 12.1 Å². The van der Waals surface area contributed by atoms with Gasteiger partial charge in [-0.05, 0) is 37.1 Å². The number of aryl methyl sites for hydroxylation is 1. The highest BCUT2D eigenvalue weighted by atomic mass is 79.9. The van der Waals surface area contributed by atoms with Crippen LogP contribution in [0.3, 0.4) is 0 Å². The Bertz CT molecular complexity index is 650. The van der Waals surface area contributed by atoms with Crippen LogP contribution in [-0.4, -0.2) is 29.7 Å². The van der Waals surface area contributed by atoms with E-state index in [-0.39, 0.29) is 5.82 Å². The highest BCUT2D eigenvalue weighted by molar-refractivity contribution is 9.10. The van der Waals surface area contributed by atoms with Crippen LogP contribution in [0.15, 0.2) is 35.1 Å². The first kappa shape index (κ1) is 15.2. The van der Waals surface area contributed by atoms with E-state index < -0.39 is 0 Å². The molecule has 3 rings (SSSR count). The Kier molecular flexibility index (Phi) is 4.57. The van der Waals surface area contributed by atoms with E-state index in [9.17, 15) is 4.39 Å². The van der Waals surface area contributed by atoms with Gasteiger partial charge in [0.2, 0.25) is 5.95 Å². The molecule has 0 saturated carbocycles. The summed E-state index contributed by atoms with van der Waals surface area (Å²) in [5.74, 6) is 1.07. The molecule has 4 nitrogen and oxygen atoms in total. The molecular weight excluding hydrogens is 349 g/mol. The Balaban J connectivity index is 1.56. The highest BCUT2D eigenvalue weighted by Gasteiger charge is 2.25. The van der Waals surface area contributed by atoms with Crippen LogP contribution in [0.5, 0.6) is 5.75 Å². The van der Waals surface area contributed by atoms with Gasteiger partial charge in [-0.3, -0.25) is 0 Å². The number of hydrogen-bond donors (Lipinski definition) is 0. The van der Waals surface area contributed by atoms with Gasteiger partial charge in [0, 0.05) is 35.9 Å². The van der Waals surface area contributed by atoms with E-state index in [1.165, 1.54) is 6.07 Å². The van der Waals surface area contributed by atoms with Crippen LogP contribution >= 0.6 is 15.9 Å². The van der Waals surface area contributed by atoms with Crippen molar-refractivity contribution in [3.05, 3.63) is 46.4 Å².